The predicted octanol–water partition coefficient (Wildman–Crippen LogP) is 3.08. The van der Waals surface area contributed by atoms with Gasteiger partial charge in [0.1, 0.15) is 0 Å². The Morgan fingerprint density at radius 1 is 1.50 bits per heavy atom. The Bertz CT molecular complexity index is 349. The summed E-state index contributed by atoms with van der Waals surface area (Å²) in [4.78, 5) is 13.2. The first-order valence-electron chi connectivity index (χ1n) is 6.63. The zero-order valence-corrected chi connectivity index (χ0v) is 12.3. The number of hydrogen-bond donors (Lipinski definition) is 2. The largest absolute Gasteiger partial charge is 0.348 e. The highest BCUT2D eigenvalue weighted by Crippen LogP contribution is 2.23. The maximum atomic E-state index is 12.0. The second kappa shape index (κ2) is 7.54. The smallest absolute Gasteiger partial charge is 0.222 e. The molecule has 0 saturated carbocycles. The molecule has 3 nitrogen and oxygen atoms in total. The van der Waals surface area contributed by atoms with Crippen molar-refractivity contribution in [1.29, 1.82) is 0 Å². The lowest BCUT2D eigenvalue weighted by molar-refractivity contribution is -0.122. The Hall–Kier alpha value is -0.870. The van der Waals surface area contributed by atoms with Crippen molar-refractivity contribution in [3.05, 3.63) is 22.4 Å². The number of carbonyl (C=O) groups excluding carboxylic acids is 1. The minimum absolute atomic E-state index is 0.0584. The molecule has 0 aliphatic heterocycles. The molecule has 1 heterocycles. The van der Waals surface area contributed by atoms with Crippen LogP contribution in [0.1, 0.15) is 51.0 Å². The standard InChI is InChI=1S/C14H24N2OS/c1-4-6-12(13-7-5-8-18-13)16-14(17)9-11(15)10(2)3/h5,7-8,10-12H,4,6,9,15H2,1-3H3,(H,16,17). The van der Waals surface area contributed by atoms with Gasteiger partial charge < -0.3 is 11.1 Å². The molecule has 0 fully saturated rings. The van der Waals surface area contributed by atoms with Crippen LogP contribution in [0.25, 0.3) is 0 Å². The quantitative estimate of drug-likeness (QED) is 0.798. The van der Waals surface area contributed by atoms with E-state index in [9.17, 15) is 4.79 Å². The summed E-state index contributed by atoms with van der Waals surface area (Å²) in [6, 6.07) is 4.18. The third-order valence-corrected chi connectivity index (χ3v) is 4.06. The molecule has 0 radical (unpaired) electrons. The molecule has 0 aliphatic carbocycles. The Balaban J connectivity index is 2.54. The lowest BCUT2D eigenvalue weighted by Crippen LogP contribution is -2.36. The molecule has 1 aromatic heterocycles. The molecule has 0 aromatic carbocycles. The van der Waals surface area contributed by atoms with Gasteiger partial charge in [0.15, 0.2) is 0 Å². The normalized spacial score (nSPS) is 14.5. The maximum Gasteiger partial charge on any atom is 0.222 e. The van der Waals surface area contributed by atoms with Crippen molar-refractivity contribution < 1.29 is 4.79 Å². The summed E-state index contributed by atoms with van der Waals surface area (Å²) in [6.45, 7) is 6.22. The van der Waals surface area contributed by atoms with Crippen molar-refractivity contribution in [2.24, 2.45) is 11.7 Å². The average Bonchev–Trinajstić information content (AvgIpc) is 2.81. The van der Waals surface area contributed by atoms with Gasteiger partial charge in [-0.15, -0.1) is 11.3 Å². The Morgan fingerprint density at radius 2 is 2.22 bits per heavy atom. The summed E-state index contributed by atoms with van der Waals surface area (Å²) in [5.41, 5.74) is 5.93. The van der Waals surface area contributed by atoms with Crippen molar-refractivity contribution >= 4 is 17.2 Å². The molecular formula is C14H24N2OS. The molecular weight excluding hydrogens is 244 g/mol. The zero-order chi connectivity index (χ0) is 13.5. The Morgan fingerprint density at radius 3 is 2.72 bits per heavy atom. The SMILES string of the molecule is CCCC(NC(=O)CC(N)C(C)C)c1cccs1. The van der Waals surface area contributed by atoms with Gasteiger partial charge in [-0.25, -0.2) is 0 Å². The predicted molar refractivity (Wildman–Crippen MR) is 77.5 cm³/mol. The summed E-state index contributed by atoms with van der Waals surface area (Å²) >= 11 is 1.69. The fourth-order valence-electron chi connectivity index (χ4n) is 1.77. The highest BCUT2D eigenvalue weighted by Gasteiger charge is 2.18. The lowest BCUT2D eigenvalue weighted by atomic mass is 10.0. The number of hydrogen-bond acceptors (Lipinski definition) is 3. The van der Waals surface area contributed by atoms with E-state index < -0.39 is 0 Å². The fraction of sp³-hybridized carbons (Fsp3) is 0.643. The van der Waals surface area contributed by atoms with Crippen molar-refractivity contribution in [1.82, 2.24) is 5.32 Å². The van der Waals surface area contributed by atoms with E-state index in [1.165, 1.54) is 4.88 Å². The van der Waals surface area contributed by atoms with Crippen LogP contribution < -0.4 is 11.1 Å². The molecule has 1 amide bonds. The first-order chi connectivity index (χ1) is 8.54. The molecule has 0 spiro atoms. The van der Waals surface area contributed by atoms with Crippen LogP contribution >= 0.6 is 11.3 Å². The van der Waals surface area contributed by atoms with E-state index in [1.54, 1.807) is 11.3 Å². The summed E-state index contributed by atoms with van der Waals surface area (Å²) in [7, 11) is 0. The van der Waals surface area contributed by atoms with E-state index in [1.807, 2.05) is 25.3 Å². The van der Waals surface area contributed by atoms with Crippen molar-refractivity contribution in [2.75, 3.05) is 0 Å². The number of thiophene rings is 1. The lowest BCUT2D eigenvalue weighted by Gasteiger charge is -2.20. The molecule has 0 bridgehead atoms. The summed E-state index contributed by atoms with van der Waals surface area (Å²) in [6.07, 6.45) is 2.44. The molecule has 18 heavy (non-hydrogen) atoms. The number of nitrogens with one attached hydrogen (secondary N) is 1. The number of rotatable bonds is 7. The van der Waals surface area contributed by atoms with Gasteiger partial charge in [-0.1, -0.05) is 33.3 Å². The topological polar surface area (TPSA) is 55.1 Å². The average molecular weight is 268 g/mol. The molecule has 1 aromatic rings. The molecule has 102 valence electrons. The first kappa shape index (κ1) is 15.2. The first-order valence-corrected chi connectivity index (χ1v) is 7.50. The molecule has 3 N–H and O–H groups in total. The minimum Gasteiger partial charge on any atom is -0.348 e. The van der Waals surface area contributed by atoms with Crippen LogP contribution in [0, 0.1) is 5.92 Å². The summed E-state index contributed by atoms with van der Waals surface area (Å²) in [5.74, 6) is 0.394. The second-order valence-electron chi connectivity index (χ2n) is 5.04. The van der Waals surface area contributed by atoms with Crippen LogP contribution in [0.2, 0.25) is 0 Å². The van der Waals surface area contributed by atoms with Crippen LogP contribution in [0.15, 0.2) is 17.5 Å². The summed E-state index contributed by atoms with van der Waals surface area (Å²) < 4.78 is 0. The Labute approximate surface area is 114 Å². The third kappa shape index (κ3) is 4.78. The van der Waals surface area contributed by atoms with E-state index >= 15 is 0 Å². The molecule has 1 rings (SSSR count). The highest BCUT2D eigenvalue weighted by molar-refractivity contribution is 7.10. The molecule has 2 unspecified atom stereocenters. The van der Waals surface area contributed by atoms with Crippen molar-refractivity contribution in [3.8, 4) is 0 Å². The van der Waals surface area contributed by atoms with E-state index in [-0.39, 0.29) is 18.0 Å². The zero-order valence-electron chi connectivity index (χ0n) is 11.5. The van der Waals surface area contributed by atoms with E-state index in [0.29, 0.717) is 12.3 Å². The van der Waals surface area contributed by atoms with Gasteiger partial charge in [0.2, 0.25) is 5.91 Å². The van der Waals surface area contributed by atoms with E-state index in [0.717, 1.165) is 12.8 Å². The van der Waals surface area contributed by atoms with Crippen molar-refractivity contribution in [3.63, 3.8) is 0 Å². The summed E-state index contributed by atoms with van der Waals surface area (Å²) in [5, 5.41) is 5.14. The van der Waals surface area contributed by atoms with Crippen LogP contribution in [0.4, 0.5) is 0 Å². The number of amides is 1. The minimum atomic E-state index is -0.0596. The van der Waals surface area contributed by atoms with Gasteiger partial charge in [0.05, 0.1) is 6.04 Å². The van der Waals surface area contributed by atoms with Gasteiger partial charge >= 0.3 is 0 Å². The Kier molecular flexibility index (Phi) is 6.36. The fourth-order valence-corrected chi connectivity index (χ4v) is 2.58. The maximum absolute atomic E-state index is 12.0. The monoisotopic (exact) mass is 268 g/mol. The van der Waals surface area contributed by atoms with Gasteiger partial charge in [-0.2, -0.15) is 0 Å². The number of carbonyl (C=O) groups is 1. The van der Waals surface area contributed by atoms with Crippen LogP contribution in [0.3, 0.4) is 0 Å². The number of nitrogens with two attached hydrogens (primary N) is 1. The van der Waals surface area contributed by atoms with Crippen LogP contribution in [-0.4, -0.2) is 11.9 Å². The van der Waals surface area contributed by atoms with Gasteiger partial charge in [0.25, 0.3) is 0 Å². The van der Waals surface area contributed by atoms with Crippen molar-refractivity contribution in [2.45, 2.75) is 52.1 Å². The molecule has 4 heteroatoms. The van der Waals surface area contributed by atoms with Crippen LogP contribution in [0.5, 0.6) is 0 Å². The van der Waals surface area contributed by atoms with Gasteiger partial charge in [-0.3, -0.25) is 4.79 Å². The van der Waals surface area contributed by atoms with E-state index in [4.69, 9.17) is 5.73 Å². The molecule has 0 saturated heterocycles. The van der Waals surface area contributed by atoms with Gasteiger partial charge in [0, 0.05) is 17.3 Å². The molecule has 2 atom stereocenters. The van der Waals surface area contributed by atoms with Crippen LogP contribution in [-0.2, 0) is 4.79 Å². The molecule has 0 aliphatic rings. The second-order valence-corrected chi connectivity index (χ2v) is 6.02. The van der Waals surface area contributed by atoms with E-state index in [2.05, 4.69) is 18.3 Å². The third-order valence-electron chi connectivity index (χ3n) is 3.08. The highest BCUT2D eigenvalue weighted by atomic mass is 32.1. The van der Waals surface area contributed by atoms with Gasteiger partial charge in [-0.05, 0) is 23.8 Å².